The number of halogens is 3. The third-order valence-corrected chi connectivity index (χ3v) is 11.4. The number of carbonyl (C=O) groups excluding carboxylic acids is 1. The molecule has 0 atom stereocenters. The zero-order chi connectivity index (χ0) is 36.4. The number of rotatable bonds is 11. The molecule has 1 spiro atoms. The average Bonchev–Trinajstić information content (AvgIpc) is 3.82. The lowest BCUT2D eigenvalue weighted by molar-refractivity contribution is -0.153. The lowest BCUT2D eigenvalue weighted by atomic mass is 9.72. The van der Waals surface area contributed by atoms with Gasteiger partial charge in [0.1, 0.15) is 11.3 Å². The minimum Gasteiger partial charge on any atom is -0.481 e. The number of nitrogens with zero attached hydrogens (tertiary/aromatic N) is 7. The van der Waals surface area contributed by atoms with E-state index >= 15 is 0 Å². The van der Waals surface area contributed by atoms with Gasteiger partial charge in [-0.1, -0.05) is 12.6 Å². The number of hydrogen-bond donors (Lipinski definition) is 2. The Morgan fingerprint density at radius 1 is 1.13 bits per heavy atom. The molecule has 276 valence electrons. The molecule has 5 heterocycles. The summed E-state index contributed by atoms with van der Waals surface area (Å²) in [7, 11) is 1.98. The summed E-state index contributed by atoms with van der Waals surface area (Å²) >= 11 is 0. The first-order chi connectivity index (χ1) is 25.0. The fourth-order valence-corrected chi connectivity index (χ4v) is 8.45. The predicted octanol–water partition coefficient (Wildman–Crippen LogP) is 5.28. The maximum Gasteiger partial charge on any atom is 0.422 e. The van der Waals surface area contributed by atoms with Crippen LogP contribution in [0.25, 0.3) is 32.9 Å². The number of ether oxygens (including phenoxy) is 1. The minimum atomic E-state index is -4.56. The number of aromatic amines is 1. The number of benzene rings is 2. The third-order valence-electron chi connectivity index (χ3n) is 11.4. The van der Waals surface area contributed by atoms with Crippen molar-refractivity contribution in [3.8, 4) is 16.9 Å². The number of fused-ring (bicyclic) bond motifs is 2. The first-order valence-corrected chi connectivity index (χ1v) is 18.2. The number of aromatic nitrogens is 4. The van der Waals surface area contributed by atoms with Crippen LogP contribution in [-0.4, -0.2) is 120 Å². The number of anilines is 2. The molecular formula is C38H45F3N8O3. The monoisotopic (exact) mass is 718 g/mol. The summed E-state index contributed by atoms with van der Waals surface area (Å²) in [6.45, 7) is 9.79. The van der Waals surface area contributed by atoms with Crippen molar-refractivity contribution in [2.24, 2.45) is 11.3 Å². The van der Waals surface area contributed by atoms with E-state index in [4.69, 9.17) is 14.7 Å². The fourth-order valence-electron chi connectivity index (χ4n) is 8.45. The maximum atomic E-state index is 14.0. The van der Waals surface area contributed by atoms with Gasteiger partial charge in [-0.25, -0.2) is 4.98 Å². The van der Waals surface area contributed by atoms with Crippen LogP contribution in [0, 0.1) is 18.3 Å². The Kier molecular flexibility index (Phi) is 8.80. The van der Waals surface area contributed by atoms with Crippen molar-refractivity contribution in [2.75, 3.05) is 82.4 Å². The molecule has 4 aromatic rings. The van der Waals surface area contributed by atoms with E-state index in [1.165, 1.54) is 6.08 Å². The van der Waals surface area contributed by atoms with E-state index in [-0.39, 0.29) is 29.6 Å². The van der Waals surface area contributed by atoms with Crippen molar-refractivity contribution in [3.05, 3.63) is 48.2 Å². The number of carbonyl (C=O) groups is 1. The summed E-state index contributed by atoms with van der Waals surface area (Å²) in [5.74, 6) is 1.76. The van der Waals surface area contributed by atoms with Crippen molar-refractivity contribution in [2.45, 2.75) is 44.7 Å². The van der Waals surface area contributed by atoms with Gasteiger partial charge in [0.25, 0.3) is 0 Å². The van der Waals surface area contributed by atoms with Crippen LogP contribution in [0.15, 0.2) is 37.1 Å². The van der Waals surface area contributed by atoms with Gasteiger partial charge in [-0.05, 0) is 80.5 Å². The topological polar surface area (TPSA) is 114 Å². The number of likely N-dealkylation sites (N-methyl/N-ethyl adjacent to an activating group) is 1. The molecule has 0 radical (unpaired) electrons. The van der Waals surface area contributed by atoms with Gasteiger partial charge in [-0.3, -0.25) is 9.89 Å². The summed E-state index contributed by atoms with van der Waals surface area (Å²) in [6.07, 6.45) is 2.11. The molecular weight excluding hydrogens is 673 g/mol. The second kappa shape index (κ2) is 13.2. The molecule has 4 fully saturated rings. The highest BCUT2D eigenvalue weighted by Crippen LogP contribution is 2.53. The van der Waals surface area contributed by atoms with Crippen molar-refractivity contribution in [1.29, 1.82) is 0 Å². The SMILES string of the molecule is C=CC(=O)N1CC2(CCN(c3nc(N4CC(CN(C)CCO)C4)nc4c(OCC(F)(F)F)c(-c5c(C)ccc6[nH]ncc56)c(C5CC5)cc34)CC2)C1. The number of aryl methyl sites for hydroxylation is 1. The van der Waals surface area contributed by atoms with Gasteiger partial charge in [-0.15, -0.1) is 0 Å². The molecule has 2 aromatic heterocycles. The first-order valence-electron chi connectivity index (χ1n) is 18.2. The van der Waals surface area contributed by atoms with E-state index < -0.39 is 12.8 Å². The molecule has 1 aliphatic carbocycles. The maximum absolute atomic E-state index is 14.0. The molecule has 3 aliphatic heterocycles. The van der Waals surface area contributed by atoms with Gasteiger partial charge in [0.2, 0.25) is 11.9 Å². The average molecular weight is 719 g/mol. The third kappa shape index (κ3) is 6.44. The molecule has 1 saturated carbocycles. The van der Waals surface area contributed by atoms with Gasteiger partial charge < -0.3 is 29.4 Å². The quantitative estimate of drug-likeness (QED) is 0.200. The highest BCUT2D eigenvalue weighted by atomic mass is 19.4. The highest BCUT2D eigenvalue weighted by Gasteiger charge is 2.47. The number of nitrogens with one attached hydrogen (secondary N) is 1. The molecule has 1 amide bonds. The van der Waals surface area contributed by atoms with E-state index in [1.807, 2.05) is 31.0 Å². The van der Waals surface area contributed by atoms with E-state index in [9.17, 15) is 23.1 Å². The van der Waals surface area contributed by atoms with Crippen LogP contribution in [0.5, 0.6) is 5.75 Å². The number of aliphatic hydroxyl groups excluding tert-OH is 1. The molecule has 8 rings (SSSR count). The predicted molar refractivity (Wildman–Crippen MR) is 194 cm³/mol. The Balaban J connectivity index is 1.26. The number of H-pyrrole nitrogens is 1. The van der Waals surface area contributed by atoms with E-state index in [2.05, 4.69) is 37.5 Å². The number of piperidine rings is 1. The van der Waals surface area contributed by atoms with E-state index in [1.54, 1.807) is 6.20 Å². The van der Waals surface area contributed by atoms with Crippen LogP contribution >= 0.6 is 0 Å². The van der Waals surface area contributed by atoms with Crippen molar-refractivity contribution < 1.29 is 27.8 Å². The van der Waals surface area contributed by atoms with Gasteiger partial charge in [0.15, 0.2) is 12.4 Å². The van der Waals surface area contributed by atoms with E-state index in [0.717, 1.165) is 59.8 Å². The summed E-state index contributed by atoms with van der Waals surface area (Å²) in [5.41, 5.74) is 4.50. The number of amides is 1. The lowest BCUT2D eigenvalue weighted by Crippen LogP contribution is -2.61. The smallest absolute Gasteiger partial charge is 0.422 e. The Morgan fingerprint density at radius 2 is 1.88 bits per heavy atom. The largest absolute Gasteiger partial charge is 0.481 e. The number of alkyl halides is 3. The van der Waals surface area contributed by atoms with Crippen LogP contribution in [0.1, 0.15) is 42.7 Å². The molecule has 4 aliphatic rings. The fraction of sp³-hybridized carbons (Fsp3) is 0.526. The Hall–Kier alpha value is -4.43. The van der Waals surface area contributed by atoms with Gasteiger partial charge in [0.05, 0.1) is 18.3 Å². The van der Waals surface area contributed by atoms with Crippen LogP contribution in [0.4, 0.5) is 24.9 Å². The second-order valence-corrected chi connectivity index (χ2v) is 15.3. The summed E-state index contributed by atoms with van der Waals surface area (Å²) in [6, 6.07) is 6.01. The highest BCUT2D eigenvalue weighted by molar-refractivity contribution is 6.06. The summed E-state index contributed by atoms with van der Waals surface area (Å²) in [4.78, 5) is 30.7. The Morgan fingerprint density at radius 3 is 2.56 bits per heavy atom. The molecule has 11 nitrogen and oxygen atoms in total. The van der Waals surface area contributed by atoms with Gasteiger partial charge in [0, 0.05) is 80.0 Å². The number of likely N-dealkylation sites (tertiary alicyclic amines) is 1. The molecule has 52 heavy (non-hydrogen) atoms. The van der Waals surface area contributed by atoms with Crippen LogP contribution < -0.4 is 14.5 Å². The normalized spacial score (nSPS) is 19.1. The zero-order valence-electron chi connectivity index (χ0n) is 29.7. The molecule has 2 aromatic carbocycles. The van der Waals surface area contributed by atoms with Crippen molar-refractivity contribution in [1.82, 2.24) is 30.0 Å². The van der Waals surface area contributed by atoms with E-state index in [0.29, 0.717) is 80.0 Å². The Labute approximate surface area is 300 Å². The first kappa shape index (κ1) is 34.6. The zero-order valence-corrected chi connectivity index (χ0v) is 29.7. The Bertz CT molecular complexity index is 2010. The summed E-state index contributed by atoms with van der Waals surface area (Å²) in [5, 5.41) is 18.2. The van der Waals surface area contributed by atoms with Crippen molar-refractivity contribution in [3.63, 3.8) is 0 Å². The van der Waals surface area contributed by atoms with Gasteiger partial charge in [-0.2, -0.15) is 23.3 Å². The second-order valence-electron chi connectivity index (χ2n) is 15.3. The van der Waals surface area contributed by atoms with Crippen LogP contribution in [0.3, 0.4) is 0 Å². The summed E-state index contributed by atoms with van der Waals surface area (Å²) < 4.78 is 48.1. The molecule has 3 saturated heterocycles. The molecule has 0 unspecified atom stereocenters. The molecule has 0 bridgehead atoms. The van der Waals surface area contributed by atoms with Crippen LogP contribution in [0.2, 0.25) is 0 Å². The lowest BCUT2D eigenvalue weighted by Gasteiger charge is -2.54. The van der Waals surface area contributed by atoms with Crippen molar-refractivity contribution >= 4 is 39.5 Å². The molecule has 14 heteroatoms. The minimum absolute atomic E-state index is 0.0419. The molecule has 2 N–H and O–H groups in total. The standard InChI is InChI=1S/C38H45F3N8O3/c1-4-30(51)49-20-37(21-49)9-11-47(12-10-37)35-27-15-26(25-6-7-25)32(31-23(2)5-8-29-28(31)16-42-45-29)34(52-22-38(39,40)41)33(27)43-36(44-35)48-18-24(19-48)17-46(3)13-14-50/h4-5,8,15-16,24-25,50H,1,6-7,9-14,17-22H2,2-3H3,(H,42,45). The number of aliphatic hydroxyl groups is 1. The van der Waals surface area contributed by atoms with Gasteiger partial charge >= 0.3 is 6.18 Å². The number of hydrogen-bond acceptors (Lipinski definition) is 9. The van der Waals surface area contributed by atoms with Crippen LogP contribution in [-0.2, 0) is 4.79 Å².